The summed E-state index contributed by atoms with van der Waals surface area (Å²) in [6.45, 7) is 12.2. The first-order valence-corrected chi connectivity index (χ1v) is 13.5. The highest BCUT2D eigenvalue weighted by Gasteiger charge is 2.58. The fourth-order valence-electron chi connectivity index (χ4n) is 7.73. The van der Waals surface area contributed by atoms with E-state index < -0.39 is 0 Å². The van der Waals surface area contributed by atoms with E-state index >= 15 is 0 Å². The van der Waals surface area contributed by atoms with Crippen LogP contribution < -0.4 is 0 Å². The molecule has 0 saturated heterocycles. The molecule has 0 spiro atoms. The minimum atomic E-state index is -0.233. The molecule has 3 heteroatoms. The molecule has 0 heterocycles. The zero-order valence-corrected chi connectivity index (χ0v) is 22.0. The van der Waals surface area contributed by atoms with Gasteiger partial charge in [0.25, 0.3) is 0 Å². The zero-order valence-electron chi connectivity index (χ0n) is 22.0. The molecule has 0 amide bonds. The van der Waals surface area contributed by atoms with E-state index in [1.165, 1.54) is 44.9 Å². The average Bonchev–Trinajstić information content (AvgIpc) is 3.14. The van der Waals surface area contributed by atoms with Gasteiger partial charge in [0.1, 0.15) is 6.79 Å². The Morgan fingerprint density at radius 1 is 1.24 bits per heavy atom. The monoisotopic (exact) mass is 456 g/mol. The topological polar surface area (TPSA) is 38.7 Å². The van der Waals surface area contributed by atoms with Crippen LogP contribution in [0.15, 0.2) is 36.0 Å². The molecular weight excluding hydrogens is 408 g/mol. The second kappa shape index (κ2) is 9.63. The Bertz CT molecular complexity index is 779. The highest BCUT2D eigenvalue weighted by Crippen LogP contribution is 2.65. The van der Waals surface area contributed by atoms with Crippen LogP contribution in [-0.2, 0) is 9.47 Å². The van der Waals surface area contributed by atoms with Crippen LogP contribution in [0, 0.1) is 46.3 Å². The average molecular weight is 457 g/mol. The Balaban J connectivity index is 1.45. The Morgan fingerprint density at radius 3 is 2.67 bits per heavy atom. The lowest BCUT2D eigenvalue weighted by atomic mass is 9.60. The van der Waals surface area contributed by atoms with Gasteiger partial charge in [-0.2, -0.15) is 0 Å². The van der Waals surface area contributed by atoms with Crippen molar-refractivity contribution in [3.63, 3.8) is 0 Å². The smallest absolute Gasteiger partial charge is 0.147 e. The quantitative estimate of drug-likeness (QED) is 0.286. The lowest BCUT2D eigenvalue weighted by Gasteiger charge is -2.44. The first kappa shape index (κ1) is 25.2. The van der Waals surface area contributed by atoms with Gasteiger partial charge in [-0.3, -0.25) is 0 Å². The molecule has 3 saturated carbocycles. The van der Waals surface area contributed by atoms with E-state index in [0.29, 0.717) is 42.5 Å². The van der Waals surface area contributed by atoms with E-state index in [4.69, 9.17) is 9.47 Å². The lowest BCUT2D eigenvalue weighted by molar-refractivity contribution is -0.128. The molecule has 186 valence electrons. The summed E-state index contributed by atoms with van der Waals surface area (Å²) in [6, 6.07) is 0. The van der Waals surface area contributed by atoms with E-state index in [9.17, 15) is 5.11 Å². The molecule has 0 unspecified atom stereocenters. The van der Waals surface area contributed by atoms with Gasteiger partial charge in [0, 0.05) is 24.4 Å². The maximum Gasteiger partial charge on any atom is 0.147 e. The third-order valence-corrected chi connectivity index (χ3v) is 10.4. The molecule has 0 aromatic rings. The number of aliphatic hydroxyl groups is 1. The molecule has 4 aliphatic carbocycles. The van der Waals surface area contributed by atoms with E-state index in [-0.39, 0.29) is 11.0 Å². The van der Waals surface area contributed by atoms with Gasteiger partial charge in [0.15, 0.2) is 0 Å². The predicted octanol–water partition coefficient (Wildman–Crippen LogP) is 6.93. The highest BCUT2D eigenvalue weighted by atomic mass is 16.7. The van der Waals surface area contributed by atoms with Crippen LogP contribution in [0.25, 0.3) is 0 Å². The number of aliphatic hydroxyl groups excluding tert-OH is 1. The number of rotatable bonds is 10. The molecule has 33 heavy (non-hydrogen) atoms. The summed E-state index contributed by atoms with van der Waals surface area (Å²) in [7, 11) is 1.68. The molecule has 4 rings (SSSR count). The minimum absolute atomic E-state index is 0.233. The molecule has 1 N–H and O–H groups in total. The van der Waals surface area contributed by atoms with E-state index in [1.807, 2.05) is 0 Å². The van der Waals surface area contributed by atoms with Gasteiger partial charge in [0.05, 0.1) is 12.2 Å². The van der Waals surface area contributed by atoms with Crippen LogP contribution in [0.3, 0.4) is 0 Å². The molecule has 0 aliphatic heterocycles. The lowest BCUT2D eigenvalue weighted by Crippen LogP contribution is -2.36. The summed E-state index contributed by atoms with van der Waals surface area (Å²) in [5.74, 6) is 3.44. The predicted molar refractivity (Wildman–Crippen MR) is 136 cm³/mol. The van der Waals surface area contributed by atoms with Crippen LogP contribution in [0.5, 0.6) is 0 Å². The van der Waals surface area contributed by atoms with E-state index in [0.717, 1.165) is 11.8 Å². The number of hydrogen-bond donors (Lipinski definition) is 1. The van der Waals surface area contributed by atoms with Crippen LogP contribution in [0.4, 0.5) is 0 Å². The third-order valence-electron chi connectivity index (χ3n) is 10.4. The minimum Gasteiger partial charge on any atom is -0.396 e. The van der Waals surface area contributed by atoms with Crippen molar-refractivity contribution in [2.45, 2.75) is 85.2 Å². The molecule has 0 aromatic carbocycles. The number of ether oxygens (including phenoxy) is 2. The Kier molecular flexibility index (Phi) is 7.35. The SMILES string of the molecule is COCOC(C)(C)[C@@H](C)/C=C/[C@@H](C)[C@H]1CC[C@H]2/C(=C/[C@@H](CO)[C@@]34C=CC[C@@H]3C4)CCC[C@]12C. The van der Waals surface area contributed by atoms with Gasteiger partial charge in [0.2, 0.25) is 0 Å². The number of methoxy groups -OCH3 is 1. The molecule has 4 aliphatic rings. The summed E-state index contributed by atoms with van der Waals surface area (Å²) < 4.78 is 11.0. The van der Waals surface area contributed by atoms with Crippen molar-refractivity contribution in [2.24, 2.45) is 46.3 Å². The van der Waals surface area contributed by atoms with Crippen molar-refractivity contribution in [3.8, 4) is 0 Å². The Hall–Kier alpha value is -0.900. The summed E-state index contributed by atoms with van der Waals surface area (Å²) in [5, 5.41) is 10.3. The van der Waals surface area contributed by atoms with Gasteiger partial charge in [-0.15, -0.1) is 0 Å². The van der Waals surface area contributed by atoms with Crippen LogP contribution >= 0.6 is 0 Å². The van der Waals surface area contributed by atoms with Crippen molar-refractivity contribution >= 4 is 0 Å². The first-order valence-electron chi connectivity index (χ1n) is 13.5. The normalized spacial score (nSPS) is 39.6. The standard InChI is InChI=1S/C30H48O3/c1-21(11-12-22(2)28(3,4)33-20-32-6)26-13-14-27-23(9-7-15-29(26,27)5)17-25(19-31)30-16-8-10-24(30)18-30/h8,11-12,16-17,21-22,24-27,31H,7,9-10,13-15,18-20H2,1-6H3/b12-11+,23-17+/t21-,22+,24-,25+,26-,27+,29-,30-/m1/s1. The van der Waals surface area contributed by atoms with E-state index in [2.05, 4.69) is 65.0 Å². The second-order valence-corrected chi connectivity index (χ2v) is 12.5. The maximum absolute atomic E-state index is 10.3. The molecule has 3 nitrogen and oxygen atoms in total. The third kappa shape index (κ3) is 4.67. The summed E-state index contributed by atoms with van der Waals surface area (Å²) in [6.07, 6.45) is 21.2. The van der Waals surface area contributed by atoms with E-state index in [1.54, 1.807) is 12.7 Å². The summed E-state index contributed by atoms with van der Waals surface area (Å²) in [5.41, 5.74) is 2.11. The largest absolute Gasteiger partial charge is 0.396 e. The second-order valence-electron chi connectivity index (χ2n) is 12.5. The first-order chi connectivity index (χ1) is 15.7. The zero-order chi connectivity index (χ0) is 23.9. The van der Waals surface area contributed by atoms with Gasteiger partial charge >= 0.3 is 0 Å². The number of fused-ring (bicyclic) bond motifs is 2. The van der Waals surface area contributed by atoms with Crippen LogP contribution in [0.1, 0.15) is 79.6 Å². The molecular formula is C30H48O3. The van der Waals surface area contributed by atoms with Crippen molar-refractivity contribution in [1.29, 1.82) is 0 Å². The van der Waals surface area contributed by atoms with Gasteiger partial charge in [-0.05, 0) is 87.9 Å². The molecule has 8 atom stereocenters. The maximum atomic E-state index is 10.3. The number of hydrogen-bond acceptors (Lipinski definition) is 3. The van der Waals surface area contributed by atoms with Gasteiger partial charge < -0.3 is 14.6 Å². The van der Waals surface area contributed by atoms with Crippen molar-refractivity contribution in [3.05, 3.63) is 36.0 Å². The molecule has 0 aromatic heterocycles. The fourth-order valence-corrected chi connectivity index (χ4v) is 7.73. The fraction of sp³-hybridized carbons (Fsp3) is 0.800. The number of allylic oxidation sites excluding steroid dienone is 4. The van der Waals surface area contributed by atoms with Crippen molar-refractivity contribution in [1.82, 2.24) is 0 Å². The molecule has 3 fully saturated rings. The highest BCUT2D eigenvalue weighted by molar-refractivity contribution is 5.30. The van der Waals surface area contributed by atoms with Crippen LogP contribution in [0.2, 0.25) is 0 Å². The van der Waals surface area contributed by atoms with Gasteiger partial charge in [-0.1, -0.05) is 56.7 Å². The van der Waals surface area contributed by atoms with Crippen molar-refractivity contribution < 1.29 is 14.6 Å². The molecule has 0 bridgehead atoms. The van der Waals surface area contributed by atoms with Gasteiger partial charge in [-0.25, -0.2) is 0 Å². The molecule has 0 radical (unpaired) electrons. The Labute approximate surface area is 202 Å². The summed E-state index contributed by atoms with van der Waals surface area (Å²) in [4.78, 5) is 0. The summed E-state index contributed by atoms with van der Waals surface area (Å²) >= 11 is 0. The van der Waals surface area contributed by atoms with Crippen LogP contribution in [-0.4, -0.2) is 31.2 Å². The Morgan fingerprint density at radius 2 is 2.03 bits per heavy atom. The van der Waals surface area contributed by atoms with Crippen molar-refractivity contribution in [2.75, 3.05) is 20.5 Å².